The third-order valence-corrected chi connectivity index (χ3v) is 4.27. The topological polar surface area (TPSA) is 250 Å². The van der Waals surface area contributed by atoms with Crippen molar-refractivity contribution in [3.05, 3.63) is 47.5 Å². The molecule has 0 bridgehead atoms. The van der Waals surface area contributed by atoms with Crippen molar-refractivity contribution in [2.45, 2.75) is 64.8 Å². The SMILES string of the molecule is CC(C)(C)NCC(O)c1cc(O)cc(O)c1.CC(C)(C)NCC(O)c1cc(O)cc(O)c1.O=S(=O)(O)O.[Na+].[OH-]. The molecule has 0 spiro atoms. The first-order chi connectivity index (χ1) is 16.6. The van der Waals surface area contributed by atoms with Gasteiger partial charge in [-0.3, -0.25) is 9.11 Å². The molecular formula is C24H41N2NaO11S. The zero-order chi connectivity index (χ0) is 29.2. The molecule has 0 aliphatic rings. The Morgan fingerprint density at radius 2 is 0.846 bits per heavy atom. The van der Waals surface area contributed by atoms with E-state index in [2.05, 4.69) is 10.6 Å². The minimum absolute atomic E-state index is 0. The van der Waals surface area contributed by atoms with E-state index in [0.29, 0.717) is 24.2 Å². The van der Waals surface area contributed by atoms with Gasteiger partial charge in [0.1, 0.15) is 23.0 Å². The number of rotatable bonds is 6. The fraction of sp³-hybridized carbons (Fsp3) is 0.500. The molecule has 0 aliphatic heterocycles. The summed E-state index contributed by atoms with van der Waals surface area (Å²) in [4.78, 5) is 0. The van der Waals surface area contributed by atoms with Crippen LogP contribution in [0.1, 0.15) is 64.9 Å². The molecule has 0 aliphatic carbocycles. The summed E-state index contributed by atoms with van der Waals surface area (Å²) < 4.78 is 31.6. The number of nitrogens with one attached hydrogen (secondary N) is 2. The second-order valence-corrected chi connectivity index (χ2v) is 11.2. The van der Waals surface area contributed by atoms with Crippen LogP contribution in [0.25, 0.3) is 0 Å². The number of phenolic OH excluding ortho intramolecular Hbond substituents is 4. The Bertz CT molecular complexity index is 968. The summed E-state index contributed by atoms with van der Waals surface area (Å²) >= 11 is 0. The number of hydrogen-bond donors (Lipinski definition) is 10. The summed E-state index contributed by atoms with van der Waals surface area (Å²) in [6.45, 7) is 12.7. The summed E-state index contributed by atoms with van der Waals surface area (Å²) in [6, 6.07) is 8.22. The number of aliphatic hydroxyl groups is 2. The van der Waals surface area contributed by atoms with Gasteiger partial charge < -0.3 is 46.7 Å². The van der Waals surface area contributed by atoms with E-state index in [1.807, 2.05) is 41.5 Å². The van der Waals surface area contributed by atoms with Crippen LogP contribution in [0.5, 0.6) is 23.0 Å². The van der Waals surface area contributed by atoms with E-state index in [9.17, 15) is 30.6 Å². The largest absolute Gasteiger partial charge is 1.00 e. The van der Waals surface area contributed by atoms with Gasteiger partial charge in [-0.15, -0.1) is 0 Å². The minimum atomic E-state index is -4.67. The molecule has 0 aromatic heterocycles. The number of benzene rings is 2. The van der Waals surface area contributed by atoms with Crippen LogP contribution in [0.4, 0.5) is 0 Å². The molecule has 2 rings (SSSR count). The van der Waals surface area contributed by atoms with Crippen LogP contribution in [0.2, 0.25) is 0 Å². The van der Waals surface area contributed by atoms with Crippen LogP contribution in [-0.4, -0.2) is 77.8 Å². The fourth-order valence-corrected chi connectivity index (χ4v) is 2.66. The van der Waals surface area contributed by atoms with Crippen LogP contribution < -0.4 is 40.2 Å². The van der Waals surface area contributed by atoms with E-state index in [-0.39, 0.29) is 69.1 Å². The number of hydrogen-bond acceptors (Lipinski definition) is 11. The van der Waals surface area contributed by atoms with Gasteiger partial charge in [0.15, 0.2) is 0 Å². The molecule has 11 N–H and O–H groups in total. The Hall–Kier alpha value is -1.69. The second-order valence-electron chi connectivity index (χ2n) is 10.3. The van der Waals surface area contributed by atoms with Gasteiger partial charge >= 0.3 is 40.0 Å². The van der Waals surface area contributed by atoms with Gasteiger partial charge in [-0.1, -0.05) is 0 Å². The third-order valence-electron chi connectivity index (χ3n) is 4.27. The monoisotopic (exact) mass is 588 g/mol. The van der Waals surface area contributed by atoms with E-state index < -0.39 is 22.6 Å². The molecule has 2 unspecified atom stereocenters. The molecule has 2 aromatic rings. The van der Waals surface area contributed by atoms with Crippen LogP contribution in [0, 0.1) is 0 Å². The standard InChI is InChI=1S/2C12H19NO3.Na.H2O4S.H2O/c2*1-12(2,3)13-7-11(16)8-4-9(14)6-10(15)5-8;;1-5(2,3)4;/h2*4-6,11,13-16H,7H2,1-3H3;;(H2,1,2,3,4);1H2/q;;+1;;/p-1. The number of β-amino-alcohol motifs (C(OH)–C–C–N with tert-alkyl or cyclic N) is 2. The van der Waals surface area contributed by atoms with E-state index in [4.69, 9.17) is 17.5 Å². The normalized spacial score (nSPS) is 12.8. The van der Waals surface area contributed by atoms with Crippen molar-refractivity contribution in [3.63, 3.8) is 0 Å². The Balaban J connectivity index is -0.000000543. The van der Waals surface area contributed by atoms with Crippen LogP contribution in [0.3, 0.4) is 0 Å². The van der Waals surface area contributed by atoms with Crippen molar-refractivity contribution >= 4 is 10.4 Å². The average Bonchev–Trinajstić information content (AvgIpc) is 2.67. The van der Waals surface area contributed by atoms with E-state index in [1.54, 1.807) is 0 Å². The van der Waals surface area contributed by atoms with Gasteiger partial charge in [0, 0.05) is 36.3 Å². The molecule has 39 heavy (non-hydrogen) atoms. The van der Waals surface area contributed by atoms with Crippen LogP contribution in [0.15, 0.2) is 36.4 Å². The zero-order valence-corrected chi connectivity index (χ0v) is 26.1. The Kier molecular flexibility index (Phi) is 19.2. The summed E-state index contributed by atoms with van der Waals surface area (Å²) in [5, 5.41) is 63.1. The molecule has 0 radical (unpaired) electrons. The van der Waals surface area contributed by atoms with Gasteiger partial charge in [0.05, 0.1) is 12.2 Å². The minimum Gasteiger partial charge on any atom is -0.870 e. The maximum Gasteiger partial charge on any atom is 1.00 e. The molecule has 0 heterocycles. The Labute approximate surface area is 251 Å². The first kappa shape index (κ1) is 41.8. The van der Waals surface area contributed by atoms with Crippen molar-refractivity contribution < 1.29 is 83.2 Å². The maximum atomic E-state index is 9.85. The van der Waals surface area contributed by atoms with Crippen molar-refractivity contribution in [3.8, 4) is 23.0 Å². The van der Waals surface area contributed by atoms with Crippen molar-refractivity contribution in [1.82, 2.24) is 10.6 Å². The molecule has 0 fully saturated rings. The summed E-state index contributed by atoms with van der Waals surface area (Å²) in [5.41, 5.74) is 0.822. The summed E-state index contributed by atoms with van der Waals surface area (Å²) in [5.74, 6) is -0.204. The first-order valence-electron chi connectivity index (χ1n) is 11.2. The summed E-state index contributed by atoms with van der Waals surface area (Å²) in [7, 11) is -4.67. The molecule has 15 heteroatoms. The molecule has 0 saturated carbocycles. The van der Waals surface area contributed by atoms with E-state index in [1.165, 1.54) is 36.4 Å². The fourth-order valence-electron chi connectivity index (χ4n) is 2.66. The smallest absolute Gasteiger partial charge is 0.870 e. The third kappa shape index (κ3) is 23.9. The average molecular weight is 589 g/mol. The van der Waals surface area contributed by atoms with Gasteiger partial charge in [-0.05, 0) is 76.9 Å². The van der Waals surface area contributed by atoms with Crippen LogP contribution >= 0.6 is 0 Å². The van der Waals surface area contributed by atoms with Gasteiger partial charge in [0.2, 0.25) is 0 Å². The second kappa shape index (κ2) is 17.9. The van der Waals surface area contributed by atoms with Crippen molar-refractivity contribution in [2.24, 2.45) is 0 Å². The molecule has 0 saturated heterocycles. The van der Waals surface area contributed by atoms with E-state index in [0.717, 1.165) is 0 Å². The zero-order valence-electron chi connectivity index (χ0n) is 23.3. The predicted molar refractivity (Wildman–Crippen MR) is 141 cm³/mol. The number of phenols is 4. The Morgan fingerprint density at radius 3 is 1.03 bits per heavy atom. The van der Waals surface area contributed by atoms with E-state index >= 15 is 0 Å². The van der Waals surface area contributed by atoms with Crippen molar-refractivity contribution in [1.29, 1.82) is 0 Å². The quantitative estimate of drug-likeness (QED) is 0.147. The van der Waals surface area contributed by atoms with Gasteiger partial charge in [0.25, 0.3) is 0 Å². The number of aromatic hydroxyl groups is 4. The van der Waals surface area contributed by atoms with Gasteiger partial charge in [-0.2, -0.15) is 8.42 Å². The van der Waals surface area contributed by atoms with Crippen molar-refractivity contribution in [2.75, 3.05) is 13.1 Å². The Morgan fingerprint density at radius 1 is 0.641 bits per heavy atom. The molecule has 13 nitrogen and oxygen atoms in total. The van der Waals surface area contributed by atoms with Crippen LogP contribution in [-0.2, 0) is 10.4 Å². The predicted octanol–water partition coefficient (Wildman–Crippen LogP) is -0.787. The molecule has 2 aromatic carbocycles. The molecule has 0 amide bonds. The molecular weight excluding hydrogens is 547 g/mol. The molecule has 2 atom stereocenters. The first-order valence-corrected chi connectivity index (χ1v) is 12.6. The van der Waals surface area contributed by atoms with Gasteiger partial charge in [-0.25, -0.2) is 0 Å². The summed E-state index contributed by atoms with van der Waals surface area (Å²) in [6.07, 6.45) is -1.51. The molecule has 220 valence electrons. The number of aliphatic hydroxyl groups excluding tert-OH is 2. The maximum absolute atomic E-state index is 9.85.